The molecule has 1 amide bonds. The van der Waals surface area contributed by atoms with Gasteiger partial charge < -0.3 is 19.1 Å². The van der Waals surface area contributed by atoms with E-state index in [4.69, 9.17) is 9.26 Å². The highest BCUT2D eigenvalue weighted by atomic mass is 16.5. The third kappa shape index (κ3) is 3.69. The Morgan fingerprint density at radius 3 is 3.04 bits per heavy atom. The van der Waals surface area contributed by atoms with Crippen molar-refractivity contribution in [2.75, 3.05) is 32.1 Å². The second-order valence-electron chi connectivity index (χ2n) is 6.78. The van der Waals surface area contributed by atoms with E-state index in [2.05, 4.69) is 15.1 Å². The Labute approximate surface area is 156 Å². The molecule has 0 N–H and O–H groups in total. The molecule has 0 bridgehead atoms. The van der Waals surface area contributed by atoms with Crippen LogP contribution in [0.3, 0.4) is 0 Å². The van der Waals surface area contributed by atoms with Crippen LogP contribution < -0.4 is 9.64 Å². The lowest BCUT2D eigenvalue weighted by molar-refractivity contribution is -0.129. The summed E-state index contributed by atoms with van der Waals surface area (Å²) in [5.74, 6) is 1.23. The quantitative estimate of drug-likeness (QED) is 0.681. The summed E-state index contributed by atoms with van der Waals surface area (Å²) in [7, 11) is 3.80. The Kier molecular flexibility index (Phi) is 4.62. The number of carbonyl (C=O) groups excluding carboxylic acids is 1. The predicted molar refractivity (Wildman–Crippen MR) is 99.7 cm³/mol. The molecule has 3 aromatic rings. The Morgan fingerprint density at radius 2 is 2.19 bits per heavy atom. The molecular formula is C19H21N5O3. The summed E-state index contributed by atoms with van der Waals surface area (Å²) < 4.78 is 11.2. The second kappa shape index (κ2) is 7.22. The lowest BCUT2D eigenvalue weighted by atomic mass is 10.1. The van der Waals surface area contributed by atoms with Crippen LogP contribution in [0.25, 0.3) is 11.0 Å². The summed E-state index contributed by atoms with van der Waals surface area (Å²) in [5, 5.41) is 4.93. The highest BCUT2D eigenvalue weighted by Crippen LogP contribution is 2.21. The lowest BCUT2D eigenvalue weighted by Crippen LogP contribution is -2.32. The van der Waals surface area contributed by atoms with Crippen LogP contribution in [0.15, 0.2) is 41.2 Å². The minimum Gasteiger partial charge on any atom is -0.471 e. The first-order chi connectivity index (χ1) is 13.1. The SMILES string of the molecule is CN(C)c1cncc(O[C@H]2CCN(C(=O)Cc3noc4ccccc34)C2)n1. The summed E-state index contributed by atoms with van der Waals surface area (Å²) in [6.07, 6.45) is 4.17. The van der Waals surface area contributed by atoms with E-state index in [-0.39, 0.29) is 18.4 Å². The van der Waals surface area contributed by atoms with Gasteiger partial charge in [-0.25, -0.2) is 0 Å². The van der Waals surface area contributed by atoms with Gasteiger partial charge in [-0.1, -0.05) is 17.3 Å². The Bertz CT molecular complexity index is 955. The van der Waals surface area contributed by atoms with Crippen molar-refractivity contribution >= 4 is 22.7 Å². The number of hydrogen-bond acceptors (Lipinski definition) is 7. The van der Waals surface area contributed by atoms with Gasteiger partial charge in [-0.3, -0.25) is 9.78 Å². The smallest absolute Gasteiger partial charge is 0.234 e. The number of likely N-dealkylation sites (tertiary alicyclic amines) is 1. The van der Waals surface area contributed by atoms with Crippen molar-refractivity contribution < 1.29 is 14.1 Å². The molecule has 1 aliphatic rings. The van der Waals surface area contributed by atoms with Crippen molar-refractivity contribution in [2.24, 2.45) is 0 Å². The van der Waals surface area contributed by atoms with Gasteiger partial charge in [-0.2, -0.15) is 4.98 Å². The number of carbonyl (C=O) groups is 1. The molecule has 8 nitrogen and oxygen atoms in total. The number of amides is 1. The normalized spacial score (nSPS) is 16.7. The average molecular weight is 367 g/mol. The van der Waals surface area contributed by atoms with Crippen LogP contribution in [0.5, 0.6) is 5.88 Å². The van der Waals surface area contributed by atoms with Gasteiger partial charge in [0.2, 0.25) is 11.8 Å². The predicted octanol–water partition coefficient (Wildman–Crippen LogP) is 1.91. The standard InChI is InChI=1S/C19H21N5O3/c1-23(2)17-10-20-11-18(21-17)26-13-7-8-24(12-13)19(25)9-15-14-5-3-4-6-16(14)27-22-15/h3-6,10-11,13H,7-9,12H2,1-2H3/t13-/m0/s1. The molecule has 1 aromatic carbocycles. The maximum Gasteiger partial charge on any atom is 0.234 e. The highest BCUT2D eigenvalue weighted by molar-refractivity contribution is 5.86. The zero-order valence-corrected chi connectivity index (χ0v) is 15.3. The molecule has 0 unspecified atom stereocenters. The van der Waals surface area contributed by atoms with Crippen molar-refractivity contribution in [3.63, 3.8) is 0 Å². The van der Waals surface area contributed by atoms with Gasteiger partial charge >= 0.3 is 0 Å². The number of benzene rings is 1. The van der Waals surface area contributed by atoms with E-state index in [1.165, 1.54) is 0 Å². The van der Waals surface area contributed by atoms with E-state index in [9.17, 15) is 4.79 Å². The molecule has 8 heteroatoms. The molecule has 1 fully saturated rings. The molecule has 27 heavy (non-hydrogen) atoms. The number of para-hydroxylation sites is 1. The van der Waals surface area contributed by atoms with Crippen LogP contribution in [-0.2, 0) is 11.2 Å². The number of hydrogen-bond donors (Lipinski definition) is 0. The number of ether oxygens (including phenoxy) is 1. The third-order valence-corrected chi connectivity index (χ3v) is 4.61. The van der Waals surface area contributed by atoms with Crippen LogP contribution in [0.2, 0.25) is 0 Å². The molecule has 0 radical (unpaired) electrons. The summed E-state index contributed by atoms with van der Waals surface area (Å²) in [5.41, 5.74) is 1.37. The number of aromatic nitrogens is 3. The van der Waals surface area contributed by atoms with Crippen LogP contribution in [0, 0.1) is 0 Å². The fraction of sp³-hybridized carbons (Fsp3) is 0.368. The Hall–Kier alpha value is -3.16. The highest BCUT2D eigenvalue weighted by Gasteiger charge is 2.29. The van der Waals surface area contributed by atoms with Crippen LogP contribution in [0.1, 0.15) is 12.1 Å². The van der Waals surface area contributed by atoms with E-state index in [0.29, 0.717) is 30.2 Å². The lowest BCUT2D eigenvalue weighted by Gasteiger charge is -2.17. The van der Waals surface area contributed by atoms with Gasteiger partial charge in [-0.05, 0) is 12.1 Å². The van der Waals surface area contributed by atoms with Crippen LogP contribution >= 0.6 is 0 Å². The van der Waals surface area contributed by atoms with Crippen molar-refractivity contribution in [2.45, 2.75) is 18.9 Å². The minimum atomic E-state index is -0.0882. The molecule has 0 spiro atoms. The first-order valence-electron chi connectivity index (χ1n) is 8.87. The Balaban J connectivity index is 1.37. The van der Waals surface area contributed by atoms with Crippen LogP contribution in [-0.4, -0.2) is 59.2 Å². The van der Waals surface area contributed by atoms with E-state index in [0.717, 1.165) is 17.6 Å². The molecule has 4 rings (SSSR count). The molecule has 0 saturated carbocycles. The summed E-state index contributed by atoms with van der Waals surface area (Å²) in [6.45, 7) is 1.18. The van der Waals surface area contributed by atoms with Crippen molar-refractivity contribution in [1.82, 2.24) is 20.0 Å². The molecule has 0 aliphatic carbocycles. The van der Waals surface area contributed by atoms with Crippen LogP contribution in [0.4, 0.5) is 5.82 Å². The molecule has 140 valence electrons. The van der Waals surface area contributed by atoms with Gasteiger partial charge in [0.15, 0.2) is 11.4 Å². The van der Waals surface area contributed by atoms with Crippen molar-refractivity contribution in [3.05, 3.63) is 42.4 Å². The molecule has 1 aliphatic heterocycles. The minimum absolute atomic E-state index is 0.0216. The summed E-state index contributed by atoms with van der Waals surface area (Å²) in [4.78, 5) is 24.9. The first-order valence-corrected chi connectivity index (χ1v) is 8.87. The van der Waals surface area contributed by atoms with Gasteiger partial charge in [-0.15, -0.1) is 0 Å². The van der Waals surface area contributed by atoms with E-state index < -0.39 is 0 Å². The van der Waals surface area contributed by atoms with Crippen molar-refractivity contribution in [3.8, 4) is 5.88 Å². The second-order valence-corrected chi connectivity index (χ2v) is 6.78. The number of fused-ring (bicyclic) bond motifs is 1. The van der Waals surface area contributed by atoms with Gasteiger partial charge in [0, 0.05) is 32.4 Å². The summed E-state index contributed by atoms with van der Waals surface area (Å²) in [6, 6.07) is 7.56. The molecular weight excluding hydrogens is 346 g/mol. The monoisotopic (exact) mass is 367 g/mol. The molecule has 2 aromatic heterocycles. The van der Waals surface area contributed by atoms with E-state index >= 15 is 0 Å². The zero-order valence-electron chi connectivity index (χ0n) is 15.3. The average Bonchev–Trinajstić information content (AvgIpc) is 3.29. The Morgan fingerprint density at radius 1 is 1.33 bits per heavy atom. The number of rotatable bonds is 5. The number of nitrogens with zero attached hydrogens (tertiary/aromatic N) is 5. The fourth-order valence-electron chi connectivity index (χ4n) is 3.15. The van der Waals surface area contributed by atoms with Gasteiger partial charge in [0.25, 0.3) is 0 Å². The molecule has 3 heterocycles. The maximum atomic E-state index is 12.7. The van der Waals surface area contributed by atoms with E-state index in [1.807, 2.05) is 43.3 Å². The number of anilines is 1. The summed E-state index contributed by atoms with van der Waals surface area (Å²) >= 11 is 0. The molecule has 1 atom stereocenters. The fourth-order valence-corrected chi connectivity index (χ4v) is 3.15. The third-order valence-electron chi connectivity index (χ3n) is 4.61. The van der Waals surface area contributed by atoms with E-state index in [1.54, 1.807) is 17.3 Å². The largest absolute Gasteiger partial charge is 0.471 e. The van der Waals surface area contributed by atoms with Crippen molar-refractivity contribution in [1.29, 1.82) is 0 Å². The maximum absolute atomic E-state index is 12.7. The topological polar surface area (TPSA) is 84.6 Å². The van der Waals surface area contributed by atoms with Gasteiger partial charge in [0.05, 0.1) is 25.4 Å². The molecule has 1 saturated heterocycles. The van der Waals surface area contributed by atoms with Gasteiger partial charge in [0.1, 0.15) is 11.8 Å². The zero-order chi connectivity index (χ0) is 18.8. The first kappa shape index (κ1) is 17.3.